The maximum Gasteiger partial charge on any atom is 0.451 e. The van der Waals surface area contributed by atoms with Crippen molar-refractivity contribution >= 4 is 29.0 Å². The fourth-order valence-electron chi connectivity index (χ4n) is 5.67. The van der Waals surface area contributed by atoms with Crippen molar-refractivity contribution in [3.63, 3.8) is 0 Å². The summed E-state index contributed by atoms with van der Waals surface area (Å²) in [7, 11) is 0. The molecule has 1 spiro atoms. The number of nitrogens with one attached hydrogen (secondary N) is 1. The number of carbonyl (C=O) groups is 1. The van der Waals surface area contributed by atoms with Gasteiger partial charge in [0.15, 0.2) is 0 Å². The highest BCUT2D eigenvalue weighted by molar-refractivity contribution is 7.99. The Balaban J connectivity index is 1.27. The molecule has 220 valence electrons. The van der Waals surface area contributed by atoms with E-state index in [1.165, 1.54) is 23.7 Å². The average Bonchev–Trinajstić information content (AvgIpc) is 3.36. The van der Waals surface area contributed by atoms with E-state index in [2.05, 4.69) is 45.9 Å². The van der Waals surface area contributed by atoms with Crippen LogP contribution in [0.5, 0.6) is 0 Å². The minimum Gasteiger partial charge on any atom is -0.363 e. The molecule has 0 saturated carbocycles. The van der Waals surface area contributed by atoms with E-state index in [4.69, 9.17) is 4.74 Å². The molecule has 0 aromatic carbocycles. The zero-order valence-electron chi connectivity index (χ0n) is 23.5. The van der Waals surface area contributed by atoms with Crippen LogP contribution < -0.4 is 5.32 Å². The van der Waals surface area contributed by atoms with Crippen molar-refractivity contribution < 1.29 is 22.7 Å². The van der Waals surface area contributed by atoms with Crippen molar-refractivity contribution in [2.45, 2.75) is 81.8 Å². The van der Waals surface area contributed by atoms with Crippen LogP contribution in [0.2, 0.25) is 0 Å². The summed E-state index contributed by atoms with van der Waals surface area (Å²) in [5.41, 5.74) is 1.69. The zero-order valence-corrected chi connectivity index (χ0v) is 25.2. The molecule has 7 nitrogen and oxygen atoms in total. The molecule has 1 saturated heterocycles. The topological polar surface area (TPSA) is 80.2 Å². The highest BCUT2D eigenvalue weighted by Gasteiger charge is 2.48. The number of ether oxygens (including phenoxy) is 1. The van der Waals surface area contributed by atoms with Crippen molar-refractivity contribution in [3.05, 3.63) is 69.2 Å². The normalized spacial score (nSPS) is 19.1. The largest absolute Gasteiger partial charge is 0.451 e. The lowest BCUT2D eigenvalue weighted by atomic mass is 9.80. The van der Waals surface area contributed by atoms with Gasteiger partial charge >= 0.3 is 6.18 Å². The van der Waals surface area contributed by atoms with Gasteiger partial charge in [-0.2, -0.15) is 13.2 Å². The van der Waals surface area contributed by atoms with Crippen LogP contribution in [0, 0.1) is 0 Å². The molecule has 2 aliphatic rings. The zero-order chi connectivity index (χ0) is 29.4. The summed E-state index contributed by atoms with van der Waals surface area (Å²) in [5.74, 6) is -0.276. The first-order chi connectivity index (χ1) is 19.4. The Bertz CT molecular complexity index is 1370. The van der Waals surface area contributed by atoms with E-state index in [9.17, 15) is 18.0 Å². The molecular formula is C29H34F3N5O2S2. The Morgan fingerprint density at radius 3 is 2.49 bits per heavy atom. The fraction of sp³-hybridized carbons (Fsp3) is 0.517. The first kappa shape index (κ1) is 29.9. The monoisotopic (exact) mass is 605 g/mol. The van der Waals surface area contributed by atoms with Crippen LogP contribution in [-0.2, 0) is 29.5 Å². The van der Waals surface area contributed by atoms with E-state index in [-0.39, 0.29) is 17.6 Å². The summed E-state index contributed by atoms with van der Waals surface area (Å²) < 4.78 is 45.4. The van der Waals surface area contributed by atoms with Gasteiger partial charge in [-0.3, -0.25) is 14.7 Å². The smallest absolute Gasteiger partial charge is 0.363 e. The van der Waals surface area contributed by atoms with E-state index >= 15 is 0 Å². The molecule has 0 radical (unpaired) electrons. The number of halogens is 3. The molecule has 1 atom stereocenters. The lowest BCUT2D eigenvalue weighted by Gasteiger charge is -2.50. The van der Waals surface area contributed by atoms with Gasteiger partial charge in [0.2, 0.25) is 5.82 Å². The molecule has 0 aliphatic carbocycles. The molecule has 0 unspecified atom stereocenters. The van der Waals surface area contributed by atoms with Crippen molar-refractivity contribution in [1.29, 1.82) is 0 Å². The molecule has 41 heavy (non-hydrogen) atoms. The maximum atomic E-state index is 13.2. The second-order valence-electron chi connectivity index (χ2n) is 11.1. The molecule has 5 heterocycles. The van der Waals surface area contributed by atoms with Gasteiger partial charge in [-0.25, -0.2) is 9.97 Å². The van der Waals surface area contributed by atoms with Crippen LogP contribution in [0.25, 0.3) is 0 Å². The van der Waals surface area contributed by atoms with Crippen LogP contribution in [0.3, 0.4) is 0 Å². The van der Waals surface area contributed by atoms with Crippen LogP contribution in [0.15, 0.2) is 41.7 Å². The summed E-state index contributed by atoms with van der Waals surface area (Å²) >= 11 is 3.22. The predicted molar refractivity (Wildman–Crippen MR) is 153 cm³/mol. The summed E-state index contributed by atoms with van der Waals surface area (Å²) in [5, 5.41) is 3.01. The molecule has 3 aromatic rings. The first-order valence-electron chi connectivity index (χ1n) is 13.7. The van der Waals surface area contributed by atoms with Gasteiger partial charge in [0.25, 0.3) is 5.91 Å². The van der Waals surface area contributed by atoms with Gasteiger partial charge in [0, 0.05) is 59.5 Å². The van der Waals surface area contributed by atoms with Gasteiger partial charge in [-0.1, -0.05) is 6.92 Å². The average molecular weight is 606 g/mol. The number of hydrogen-bond donors (Lipinski definition) is 1. The Kier molecular flexibility index (Phi) is 8.48. The summed E-state index contributed by atoms with van der Waals surface area (Å²) in [4.78, 5) is 29.8. The van der Waals surface area contributed by atoms with Gasteiger partial charge in [-0.15, -0.1) is 23.1 Å². The number of alkyl halides is 3. The number of rotatable bonds is 7. The van der Waals surface area contributed by atoms with Crippen molar-refractivity contribution in [3.8, 4) is 0 Å². The third-order valence-electron chi connectivity index (χ3n) is 7.63. The van der Waals surface area contributed by atoms with Crippen LogP contribution in [0.1, 0.15) is 83.8 Å². The SMILES string of the molecule is CCSc1ccc(CNC(=O)c2cc3c(s2)C2(CCN([C@H](C)c4cnc(C(F)(F)F)nc4)CC2)OC(C)(C)C3)nc1. The minimum atomic E-state index is -4.56. The van der Waals surface area contributed by atoms with E-state index < -0.39 is 17.6 Å². The van der Waals surface area contributed by atoms with Crippen molar-refractivity contribution in [2.24, 2.45) is 0 Å². The van der Waals surface area contributed by atoms with Gasteiger partial charge in [0.05, 0.1) is 22.7 Å². The second-order valence-corrected chi connectivity index (χ2v) is 13.5. The Hall–Kier alpha value is -2.54. The number of pyridine rings is 1. The molecular weight excluding hydrogens is 571 g/mol. The first-order valence-corrected chi connectivity index (χ1v) is 15.5. The lowest BCUT2D eigenvalue weighted by molar-refractivity contribution is -0.179. The Morgan fingerprint density at radius 2 is 1.88 bits per heavy atom. The van der Waals surface area contributed by atoms with Crippen LogP contribution >= 0.6 is 23.1 Å². The number of piperidine rings is 1. The van der Waals surface area contributed by atoms with E-state index in [0.717, 1.165) is 33.2 Å². The van der Waals surface area contributed by atoms with Gasteiger partial charge in [0.1, 0.15) is 5.60 Å². The molecule has 1 fully saturated rings. The molecule has 0 bridgehead atoms. The number of likely N-dealkylation sites (tertiary alicyclic amines) is 1. The van der Waals surface area contributed by atoms with E-state index in [0.29, 0.717) is 42.9 Å². The number of aromatic nitrogens is 3. The Morgan fingerprint density at radius 1 is 1.17 bits per heavy atom. The van der Waals surface area contributed by atoms with Crippen LogP contribution in [-0.4, -0.2) is 50.2 Å². The quantitative estimate of drug-likeness (QED) is 0.312. The van der Waals surface area contributed by atoms with Crippen molar-refractivity contribution in [2.75, 3.05) is 18.8 Å². The number of thiophene rings is 1. The second kappa shape index (κ2) is 11.6. The molecule has 2 aliphatic heterocycles. The van der Waals surface area contributed by atoms with Gasteiger partial charge < -0.3 is 10.1 Å². The Labute approximate surface area is 246 Å². The molecule has 1 N–H and O–H groups in total. The minimum absolute atomic E-state index is 0.125. The van der Waals surface area contributed by atoms with Crippen molar-refractivity contribution in [1.82, 2.24) is 25.2 Å². The number of hydrogen-bond acceptors (Lipinski definition) is 8. The molecule has 1 amide bonds. The highest BCUT2D eigenvalue weighted by atomic mass is 32.2. The maximum absolute atomic E-state index is 13.2. The number of nitrogens with zero attached hydrogens (tertiary/aromatic N) is 4. The third-order valence-corrected chi connectivity index (χ3v) is 9.86. The summed E-state index contributed by atoms with van der Waals surface area (Å²) in [6.07, 6.45) is 1.94. The number of fused-ring (bicyclic) bond motifs is 2. The molecule has 5 rings (SSSR count). The lowest BCUT2D eigenvalue weighted by Crippen LogP contribution is -2.51. The molecule has 12 heteroatoms. The highest BCUT2D eigenvalue weighted by Crippen LogP contribution is 2.50. The number of amides is 1. The standard InChI is InChI=1S/C29H34F3N5O2S2/c1-5-40-22-7-6-21(33-17-22)16-34-25(38)23-12-19-13-27(3,4)39-28(24(19)41-23)8-10-37(11-9-28)18(2)20-14-35-26(36-15-20)29(30,31)32/h6-7,12,14-15,17-18H,5,8-11,13,16H2,1-4H3,(H,34,38)/t18-/m1/s1. The number of thioether (sulfide) groups is 1. The number of carbonyl (C=O) groups excluding carboxylic acids is 1. The van der Waals surface area contributed by atoms with Crippen LogP contribution in [0.4, 0.5) is 13.2 Å². The van der Waals surface area contributed by atoms with E-state index in [1.54, 1.807) is 11.8 Å². The molecule has 3 aromatic heterocycles. The predicted octanol–water partition coefficient (Wildman–Crippen LogP) is 6.40. The van der Waals surface area contributed by atoms with Gasteiger partial charge in [-0.05, 0) is 63.1 Å². The fourth-order valence-corrected chi connectivity index (χ4v) is 7.57. The third kappa shape index (κ3) is 6.60. The summed E-state index contributed by atoms with van der Waals surface area (Å²) in [6.45, 7) is 9.94. The van der Waals surface area contributed by atoms with E-state index in [1.807, 2.05) is 31.3 Å². The summed E-state index contributed by atoms with van der Waals surface area (Å²) in [6, 6.07) is 5.82.